The molecule has 0 heterocycles. The van der Waals surface area contributed by atoms with Gasteiger partial charge in [-0.3, -0.25) is 0 Å². The number of hydrogen-bond acceptors (Lipinski definition) is 1. The highest BCUT2D eigenvalue weighted by atomic mass is 15.5. The van der Waals surface area contributed by atoms with Crippen LogP contribution < -0.4 is 5.43 Å². The summed E-state index contributed by atoms with van der Waals surface area (Å²) in [7, 11) is 0. The Morgan fingerprint density at radius 1 is 0.786 bits per heavy atom. The van der Waals surface area contributed by atoms with Crippen LogP contribution in [-0.4, -0.2) is 24.6 Å². The highest BCUT2D eigenvalue weighted by molar-refractivity contribution is 4.52. The lowest BCUT2D eigenvalue weighted by atomic mass is 10.3. The van der Waals surface area contributed by atoms with E-state index in [-0.39, 0.29) is 0 Å². The molecule has 0 N–H and O–H groups in total. The fourth-order valence-corrected chi connectivity index (χ4v) is 1.30. The molecular formula is C12H27N2. The maximum atomic E-state index is 4.62. The molecule has 0 aliphatic carbocycles. The third-order valence-electron chi connectivity index (χ3n) is 2.35. The summed E-state index contributed by atoms with van der Waals surface area (Å²) in [4.78, 5) is 0. The van der Waals surface area contributed by atoms with E-state index in [4.69, 9.17) is 0 Å². The van der Waals surface area contributed by atoms with Crippen molar-refractivity contribution < 1.29 is 0 Å². The molecule has 0 aromatic heterocycles. The Morgan fingerprint density at radius 3 is 1.71 bits per heavy atom. The minimum atomic E-state index is 1.02. The van der Waals surface area contributed by atoms with Crippen molar-refractivity contribution in [1.82, 2.24) is 10.4 Å². The van der Waals surface area contributed by atoms with Gasteiger partial charge in [-0.15, -0.1) is 0 Å². The number of rotatable bonds is 10. The molecule has 0 bridgehead atoms. The normalized spacial score (nSPS) is 11.1. The summed E-state index contributed by atoms with van der Waals surface area (Å²) < 4.78 is 0. The SMILES string of the molecule is CCCC[N]N(CCCC)CCCC. The van der Waals surface area contributed by atoms with Crippen molar-refractivity contribution in [3.8, 4) is 0 Å². The Bertz CT molecular complexity index is 96.5. The number of unbranched alkanes of at least 4 members (excludes halogenated alkanes) is 3. The molecule has 0 atom stereocenters. The van der Waals surface area contributed by atoms with Gasteiger partial charge in [-0.25, -0.2) is 5.01 Å². The van der Waals surface area contributed by atoms with Crippen molar-refractivity contribution in [3.05, 3.63) is 0 Å². The maximum absolute atomic E-state index is 4.62. The van der Waals surface area contributed by atoms with Gasteiger partial charge in [-0.2, -0.15) is 5.43 Å². The van der Waals surface area contributed by atoms with Gasteiger partial charge in [0.15, 0.2) is 0 Å². The first-order valence-electron chi connectivity index (χ1n) is 6.27. The van der Waals surface area contributed by atoms with Gasteiger partial charge in [0.1, 0.15) is 0 Å². The first-order valence-corrected chi connectivity index (χ1v) is 6.27. The van der Waals surface area contributed by atoms with E-state index in [0.29, 0.717) is 0 Å². The van der Waals surface area contributed by atoms with Gasteiger partial charge in [-0.05, 0) is 19.3 Å². The van der Waals surface area contributed by atoms with Crippen LogP contribution in [0.3, 0.4) is 0 Å². The molecule has 0 aliphatic heterocycles. The minimum Gasteiger partial charge on any atom is -0.227 e. The van der Waals surface area contributed by atoms with E-state index < -0.39 is 0 Å². The van der Waals surface area contributed by atoms with Gasteiger partial charge in [0.25, 0.3) is 0 Å². The zero-order valence-electron chi connectivity index (χ0n) is 10.3. The van der Waals surface area contributed by atoms with Crippen LogP contribution in [0.5, 0.6) is 0 Å². The highest BCUT2D eigenvalue weighted by Gasteiger charge is 2.03. The molecular weight excluding hydrogens is 172 g/mol. The van der Waals surface area contributed by atoms with Crippen molar-refractivity contribution in [2.24, 2.45) is 0 Å². The summed E-state index contributed by atoms with van der Waals surface area (Å²) in [5, 5.41) is 2.28. The molecule has 0 aromatic carbocycles. The second-order valence-electron chi connectivity index (χ2n) is 3.88. The molecule has 2 heteroatoms. The zero-order chi connectivity index (χ0) is 10.6. The zero-order valence-corrected chi connectivity index (χ0v) is 10.3. The Hall–Kier alpha value is -0.0800. The maximum Gasteiger partial charge on any atom is 0.0306 e. The average molecular weight is 199 g/mol. The molecule has 0 aliphatic rings. The average Bonchev–Trinajstić information content (AvgIpc) is 2.21. The second kappa shape index (κ2) is 11.0. The first kappa shape index (κ1) is 13.9. The summed E-state index contributed by atoms with van der Waals surface area (Å²) in [5.74, 6) is 0. The molecule has 0 spiro atoms. The van der Waals surface area contributed by atoms with Gasteiger partial charge >= 0.3 is 0 Å². The quantitative estimate of drug-likeness (QED) is 0.390. The van der Waals surface area contributed by atoms with Crippen molar-refractivity contribution in [2.75, 3.05) is 19.6 Å². The fourth-order valence-electron chi connectivity index (χ4n) is 1.30. The topological polar surface area (TPSA) is 17.3 Å². The van der Waals surface area contributed by atoms with Gasteiger partial charge in [0, 0.05) is 19.6 Å². The summed E-state index contributed by atoms with van der Waals surface area (Å²) in [6.07, 6.45) is 7.57. The molecule has 0 fully saturated rings. The van der Waals surface area contributed by atoms with E-state index >= 15 is 0 Å². The third kappa shape index (κ3) is 8.52. The van der Waals surface area contributed by atoms with Crippen LogP contribution in [0.2, 0.25) is 0 Å². The van der Waals surface area contributed by atoms with E-state index in [1.165, 1.54) is 38.5 Å². The molecule has 14 heavy (non-hydrogen) atoms. The molecule has 0 saturated carbocycles. The van der Waals surface area contributed by atoms with Gasteiger partial charge in [0.05, 0.1) is 0 Å². The van der Waals surface area contributed by atoms with Gasteiger partial charge in [0.2, 0.25) is 0 Å². The molecule has 0 saturated heterocycles. The van der Waals surface area contributed by atoms with E-state index in [9.17, 15) is 0 Å². The lowest BCUT2D eigenvalue weighted by molar-refractivity contribution is 0.173. The Labute approximate surface area is 90.0 Å². The van der Waals surface area contributed by atoms with Gasteiger partial charge in [-0.1, -0.05) is 40.0 Å². The molecule has 0 aromatic rings. The van der Waals surface area contributed by atoms with Crippen LogP contribution in [0.25, 0.3) is 0 Å². The molecule has 0 amide bonds. The van der Waals surface area contributed by atoms with Crippen LogP contribution in [-0.2, 0) is 0 Å². The summed E-state index contributed by atoms with van der Waals surface area (Å²) >= 11 is 0. The first-order chi connectivity index (χ1) is 6.85. The Kier molecular flexibility index (Phi) is 10.9. The van der Waals surface area contributed by atoms with Crippen molar-refractivity contribution in [2.45, 2.75) is 59.3 Å². The number of hydrogen-bond donors (Lipinski definition) is 0. The molecule has 2 nitrogen and oxygen atoms in total. The summed E-state index contributed by atoms with van der Waals surface area (Å²) in [6, 6.07) is 0. The predicted molar refractivity (Wildman–Crippen MR) is 63.3 cm³/mol. The molecule has 1 radical (unpaired) electrons. The van der Waals surface area contributed by atoms with Gasteiger partial charge < -0.3 is 0 Å². The fraction of sp³-hybridized carbons (Fsp3) is 1.00. The molecule has 85 valence electrons. The van der Waals surface area contributed by atoms with E-state index in [1.54, 1.807) is 0 Å². The van der Waals surface area contributed by atoms with Crippen LogP contribution in [0, 0.1) is 0 Å². The highest BCUT2D eigenvalue weighted by Crippen LogP contribution is 1.97. The van der Waals surface area contributed by atoms with Crippen LogP contribution in [0.15, 0.2) is 0 Å². The molecule has 0 rings (SSSR count). The van der Waals surface area contributed by atoms with Crippen molar-refractivity contribution >= 4 is 0 Å². The molecule has 0 unspecified atom stereocenters. The standard InChI is InChI=1S/C12H27N2/c1-4-7-10-13-14(11-8-5-2)12-9-6-3/h4-12H2,1-3H3. The summed E-state index contributed by atoms with van der Waals surface area (Å²) in [6.45, 7) is 10.0. The predicted octanol–water partition coefficient (Wildman–Crippen LogP) is 3.21. The largest absolute Gasteiger partial charge is 0.227 e. The minimum absolute atomic E-state index is 1.02. The Balaban J connectivity index is 3.49. The summed E-state index contributed by atoms with van der Waals surface area (Å²) in [5.41, 5.74) is 4.62. The van der Waals surface area contributed by atoms with Crippen LogP contribution in [0.1, 0.15) is 59.3 Å². The number of nitrogens with zero attached hydrogens (tertiary/aromatic N) is 2. The van der Waals surface area contributed by atoms with Crippen molar-refractivity contribution in [1.29, 1.82) is 0 Å². The van der Waals surface area contributed by atoms with E-state index in [1.807, 2.05) is 0 Å². The van der Waals surface area contributed by atoms with Crippen molar-refractivity contribution in [3.63, 3.8) is 0 Å². The third-order valence-corrected chi connectivity index (χ3v) is 2.35. The lowest BCUT2D eigenvalue weighted by Crippen LogP contribution is -2.34. The smallest absolute Gasteiger partial charge is 0.0306 e. The monoisotopic (exact) mass is 199 g/mol. The second-order valence-corrected chi connectivity index (χ2v) is 3.88. The lowest BCUT2D eigenvalue weighted by Gasteiger charge is -2.20. The Morgan fingerprint density at radius 2 is 1.29 bits per heavy atom. The van der Waals surface area contributed by atoms with E-state index in [2.05, 4.69) is 31.2 Å². The van der Waals surface area contributed by atoms with E-state index in [0.717, 1.165) is 19.6 Å². The van der Waals surface area contributed by atoms with Crippen LogP contribution >= 0.6 is 0 Å². The van der Waals surface area contributed by atoms with Crippen LogP contribution in [0.4, 0.5) is 0 Å².